The van der Waals surface area contributed by atoms with Crippen LogP contribution in [0.15, 0.2) is 24.5 Å². The van der Waals surface area contributed by atoms with Gasteiger partial charge in [-0.3, -0.25) is 9.78 Å². The van der Waals surface area contributed by atoms with Crippen LogP contribution in [0.1, 0.15) is 31.7 Å². The Morgan fingerprint density at radius 2 is 2.11 bits per heavy atom. The fourth-order valence-corrected chi connectivity index (χ4v) is 2.73. The zero-order valence-corrected chi connectivity index (χ0v) is 11.9. The van der Waals surface area contributed by atoms with Crippen molar-refractivity contribution in [1.82, 2.24) is 9.88 Å². The Bertz CT molecular complexity index is 471. The predicted molar refractivity (Wildman–Crippen MR) is 78.4 cm³/mol. The van der Waals surface area contributed by atoms with E-state index in [0.717, 1.165) is 24.8 Å². The standard InChI is InChI=1S/C14H19N3OS/c1-2-17(10-11-4-8-16-9-5-11)13(18)14(12(15)19)6-3-7-14/h4-5,8-9H,2-3,6-7,10H2,1H3,(H2,15,19). The topological polar surface area (TPSA) is 59.2 Å². The van der Waals surface area contributed by atoms with E-state index in [4.69, 9.17) is 18.0 Å². The van der Waals surface area contributed by atoms with Crippen LogP contribution in [0.2, 0.25) is 0 Å². The van der Waals surface area contributed by atoms with Crippen LogP contribution in [0.3, 0.4) is 0 Å². The number of rotatable bonds is 5. The quantitative estimate of drug-likeness (QED) is 0.835. The normalized spacial score (nSPS) is 16.5. The van der Waals surface area contributed by atoms with Gasteiger partial charge in [0, 0.05) is 25.5 Å². The molecule has 2 N–H and O–H groups in total. The smallest absolute Gasteiger partial charge is 0.235 e. The monoisotopic (exact) mass is 277 g/mol. The second-order valence-electron chi connectivity index (χ2n) is 4.97. The van der Waals surface area contributed by atoms with E-state index in [9.17, 15) is 4.79 Å². The van der Waals surface area contributed by atoms with Gasteiger partial charge in [-0.15, -0.1) is 0 Å². The maximum absolute atomic E-state index is 12.7. The van der Waals surface area contributed by atoms with Crippen LogP contribution >= 0.6 is 12.2 Å². The second kappa shape index (κ2) is 5.65. The molecule has 0 saturated heterocycles. The summed E-state index contributed by atoms with van der Waals surface area (Å²) in [5.74, 6) is 0.0746. The third-order valence-corrected chi connectivity index (χ3v) is 4.27. The lowest BCUT2D eigenvalue weighted by Crippen LogP contribution is -2.54. The summed E-state index contributed by atoms with van der Waals surface area (Å²) in [5, 5.41) is 0. The minimum Gasteiger partial charge on any atom is -0.392 e. The van der Waals surface area contributed by atoms with Crippen molar-refractivity contribution in [2.75, 3.05) is 6.54 Å². The van der Waals surface area contributed by atoms with Crippen molar-refractivity contribution in [2.24, 2.45) is 11.1 Å². The van der Waals surface area contributed by atoms with Crippen LogP contribution in [-0.4, -0.2) is 27.3 Å². The van der Waals surface area contributed by atoms with Gasteiger partial charge < -0.3 is 10.6 Å². The molecule has 4 nitrogen and oxygen atoms in total. The third kappa shape index (κ3) is 2.61. The minimum absolute atomic E-state index is 0.0746. The first-order valence-corrected chi connectivity index (χ1v) is 6.99. The Balaban J connectivity index is 2.13. The summed E-state index contributed by atoms with van der Waals surface area (Å²) in [6, 6.07) is 3.84. The van der Waals surface area contributed by atoms with Crippen molar-refractivity contribution in [1.29, 1.82) is 0 Å². The molecule has 0 aliphatic heterocycles. The van der Waals surface area contributed by atoms with Crippen molar-refractivity contribution in [3.8, 4) is 0 Å². The Labute approximate surface area is 119 Å². The average Bonchev–Trinajstić information content (AvgIpc) is 2.35. The summed E-state index contributed by atoms with van der Waals surface area (Å²) >= 11 is 5.11. The molecule has 1 amide bonds. The van der Waals surface area contributed by atoms with Crippen LogP contribution in [0.25, 0.3) is 0 Å². The molecule has 0 aromatic carbocycles. The van der Waals surface area contributed by atoms with Gasteiger partial charge in [0.15, 0.2) is 0 Å². The molecule has 0 bridgehead atoms. The molecule has 0 spiro atoms. The first-order chi connectivity index (χ1) is 9.10. The molecule has 1 aliphatic carbocycles. The number of nitrogens with zero attached hydrogens (tertiary/aromatic N) is 2. The molecule has 0 radical (unpaired) electrons. The summed E-state index contributed by atoms with van der Waals surface area (Å²) in [6.07, 6.45) is 6.07. The van der Waals surface area contributed by atoms with Crippen molar-refractivity contribution < 1.29 is 4.79 Å². The number of nitrogens with two attached hydrogens (primary N) is 1. The Hall–Kier alpha value is -1.49. The zero-order chi connectivity index (χ0) is 13.9. The minimum atomic E-state index is -0.585. The Morgan fingerprint density at radius 3 is 2.53 bits per heavy atom. The maximum Gasteiger partial charge on any atom is 0.235 e. The van der Waals surface area contributed by atoms with E-state index in [1.165, 1.54) is 0 Å². The summed E-state index contributed by atoms with van der Waals surface area (Å²) in [4.78, 5) is 18.8. The molecule has 2 rings (SSSR count). The number of hydrogen-bond donors (Lipinski definition) is 1. The highest BCUT2D eigenvalue weighted by molar-refractivity contribution is 7.80. The highest BCUT2D eigenvalue weighted by Gasteiger charge is 2.48. The van der Waals surface area contributed by atoms with E-state index in [0.29, 0.717) is 18.1 Å². The highest BCUT2D eigenvalue weighted by atomic mass is 32.1. The molecular weight excluding hydrogens is 258 g/mol. The van der Waals surface area contributed by atoms with Crippen molar-refractivity contribution in [2.45, 2.75) is 32.7 Å². The molecule has 1 aromatic heterocycles. The fourth-order valence-electron chi connectivity index (χ4n) is 2.43. The molecule has 1 aromatic rings. The number of amides is 1. The number of thiocarbonyl (C=S) groups is 1. The van der Waals surface area contributed by atoms with E-state index >= 15 is 0 Å². The van der Waals surface area contributed by atoms with Crippen molar-refractivity contribution in [3.05, 3.63) is 30.1 Å². The van der Waals surface area contributed by atoms with Crippen LogP contribution in [-0.2, 0) is 11.3 Å². The third-order valence-electron chi connectivity index (χ3n) is 3.88. The maximum atomic E-state index is 12.7. The predicted octanol–water partition coefficient (Wildman–Crippen LogP) is 1.89. The number of aromatic nitrogens is 1. The number of hydrogen-bond acceptors (Lipinski definition) is 3. The van der Waals surface area contributed by atoms with Crippen molar-refractivity contribution >= 4 is 23.1 Å². The highest BCUT2D eigenvalue weighted by Crippen LogP contribution is 2.43. The number of pyridine rings is 1. The van der Waals surface area contributed by atoms with Crippen LogP contribution in [0, 0.1) is 5.41 Å². The van der Waals surface area contributed by atoms with Crippen LogP contribution < -0.4 is 5.73 Å². The van der Waals surface area contributed by atoms with E-state index in [1.807, 2.05) is 24.0 Å². The molecule has 1 saturated carbocycles. The summed E-state index contributed by atoms with van der Waals surface area (Å²) < 4.78 is 0. The zero-order valence-electron chi connectivity index (χ0n) is 11.1. The average molecular weight is 277 g/mol. The summed E-state index contributed by atoms with van der Waals surface area (Å²) in [5.41, 5.74) is 6.28. The number of carbonyl (C=O) groups is 1. The van der Waals surface area contributed by atoms with Gasteiger partial charge in [0.25, 0.3) is 0 Å². The molecule has 19 heavy (non-hydrogen) atoms. The molecule has 102 valence electrons. The Morgan fingerprint density at radius 1 is 1.47 bits per heavy atom. The molecule has 1 aliphatic rings. The lowest BCUT2D eigenvalue weighted by molar-refractivity contribution is -0.142. The van der Waals surface area contributed by atoms with Gasteiger partial charge in [-0.25, -0.2) is 0 Å². The van der Waals surface area contributed by atoms with Crippen LogP contribution in [0.4, 0.5) is 0 Å². The van der Waals surface area contributed by atoms with E-state index < -0.39 is 5.41 Å². The van der Waals surface area contributed by atoms with Gasteiger partial charge in [-0.1, -0.05) is 18.6 Å². The fraction of sp³-hybridized carbons (Fsp3) is 0.500. The summed E-state index contributed by atoms with van der Waals surface area (Å²) in [7, 11) is 0. The lowest BCUT2D eigenvalue weighted by Gasteiger charge is -2.42. The van der Waals surface area contributed by atoms with E-state index in [-0.39, 0.29) is 5.91 Å². The van der Waals surface area contributed by atoms with Gasteiger partial charge >= 0.3 is 0 Å². The molecule has 1 fully saturated rings. The first-order valence-electron chi connectivity index (χ1n) is 6.58. The largest absolute Gasteiger partial charge is 0.392 e. The first kappa shape index (κ1) is 13.9. The van der Waals surface area contributed by atoms with Gasteiger partial charge in [-0.05, 0) is 37.5 Å². The van der Waals surface area contributed by atoms with Crippen molar-refractivity contribution in [3.63, 3.8) is 0 Å². The molecule has 0 unspecified atom stereocenters. The Kier molecular flexibility index (Phi) is 4.14. The summed E-state index contributed by atoms with van der Waals surface area (Å²) in [6.45, 7) is 3.22. The lowest BCUT2D eigenvalue weighted by atomic mass is 9.67. The molecular formula is C14H19N3OS. The number of carbonyl (C=O) groups excluding carboxylic acids is 1. The van der Waals surface area contributed by atoms with Gasteiger partial charge in [0.05, 0.1) is 10.4 Å². The second-order valence-corrected chi connectivity index (χ2v) is 5.41. The van der Waals surface area contributed by atoms with Crippen LogP contribution in [0.5, 0.6) is 0 Å². The molecule has 0 atom stereocenters. The van der Waals surface area contributed by atoms with Gasteiger partial charge in [0.2, 0.25) is 5.91 Å². The molecule has 1 heterocycles. The van der Waals surface area contributed by atoms with Gasteiger partial charge in [-0.2, -0.15) is 0 Å². The van der Waals surface area contributed by atoms with E-state index in [1.54, 1.807) is 12.4 Å². The van der Waals surface area contributed by atoms with E-state index in [2.05, 4.69) is 4.98 Å². The van der Waals surface area contributed by atoms with Gasteiger partial charge in [0.1, 0.15) is 0 Å². The molecule has 5 heteroatoms. The SMILES string of the molecule is CCN(Cc1ccncc1)C(=O)C1(C(N)=S)CCC1.